The Morgan fingerprint density at radius 3 is 0.864 bits per heavy atom. The molecule has 0 aliphatic heterocycles. The van der Waals surface area contributed by atoms with Crippen LogP contribution in [0, 0.1) is 47.3 Å². The zero-order valence-electron chi connectivity index (χ0n) is 32.4. The zero-order chi connectivity index (χ0) is 32.4. The van der Waals surface area contributed by atoms with Gasteiger partial charge in [0.2, 0.25) is 0 Å². The molecule has 0 amide bonds. The van der Waals surface area contributed by atoms with Gasteiger partial charge in [0.25, 0.3) is 0 Å². The molecule has 0 spiro atoms. The minimum atomic E-state index is 1.00. The Hall–Kier alpha value is 0. The molecule has 3 unspecified atom stereocenters. The van der Waals surface area contributed by atoms with Crippen molar-refractivity contribution in [2.75, 3.05) is 0 Å². The Morgan fingerprint density at radius 1 is 0.227 bits per heavy atom. The van der Waals surface area contributed by atoms with Crippen molar-refractivity contribution in [1.82, 2.24) is 0 Å². The Bertz CT molecular complexity index is 543. The van der Waals surface area contributed by atoms with Crippen LogP contribution in [0.2, 0.25) is 0 Å². The second-order valence-electron chi connectivity index (χ2n) is 16.3. The van der Waals surface area contributed by atoms with Crippen LogP contribution in [0.5, 0.6) is 0 Å². The minimum Gasteiger partial charge on any atom is -0.0683 e. The minimum absolute atomic E-state index is 1.00. The van der Waals surface area contributed by atoms with Crippen LogP contribution in [0.15, 0.2) is 0 Å². The molecule has 0 nitrogen and oxygen atoms in total. The lowest BCUT2D eigenvalue weighted by atomic mass is 9.75. The second kappa shape index (κ2) is 28.1. The van der Waals surface area contributed by atoms with E-state index in [1.54, 1.807) is 51.4 Å². The van der Waals surface area contributed by atoms with Crippen LogP contribution in [0.1, 0.15) is 235 Å². The Balaban J connectivity index is 0.000000364. The molecule has 0 N–H and O–H groups in total. The summed E-state index contributed by atoms with van der Waals surface area (Å²) in [6.07, 6.45) is 42.4. The van der Waals surface area contributed by atoms with Crippen LogP contribution in [-0.4, -0.2) is 0 Å². The molecule has 0 saturated heterocycles. The largest absolute Gasteiger partial charge is 0.0683 e. The van der Waals surface area contributed by atoms with Gasteiger partial charge in [0.1, 0.15) is 0 Å². The van der Waals surface area contributed by atoms with Gasteiger partial charge in [-0.1, -0.05) is 203 Å². The Labute approximate surface area is 281 Å². The normalized spacial score (nSPS) is 31.8. The van der Waals surface area contributed by atoms with Crippen molar-refractivity contribution in [3.63, 3.8) is 0 Å². The summed E-state index contributed by atoms with van der Waals surface area (Å²) < 4.78 is 0. The maximum atomic E-state index is 2.53. The molecule has 5 saturated carbocycles. The third kappa shape index (κ3) is 21.0. The van der Waals surface area contributed by atoms with Gasteiger partial charge in [-0.25, -0.2) is 0 Å². The third-order valence-electron chi connectivity index (χ3n) is 12.2. The molecule has 5 aliphatic carbocycles. The molecule has 5 rings (SSSR count). The second-order valence-corrected chi connectivity index (χ2v) is 16.3. The molecule has 5 fully saturated rings. The summed E-state index contributed by atoms with van der Waals surface area (Å²) in [5, 5.41) is 0. The average Bonchev–Trinajstić information content (AvgIpc) is 3.83. The first-order chi connectivity index (χ1) is 21.5. The summed E-state index contributed by atoms with van der Waals surface area (Å²) in [7, 11) is 0. The van der Waals surface area contributed by atoms with Crippen molar-refractivity contribution in [3.05, 3.63) is 0 Å². The fraction of sp³-hybridized carbons (Fsp3) is 1.00. The summed E-state index contributed by atoms with van der Waals surface area (Å²) in [4.78, 5) is 0. The first-order valence-corrected chi connectivity index (χ1v) is 21.5. The summed E-state index contributed by atoms with van der Waals surface area (Å²) in [6.45, 7) is 17.8. The molecule has 0 aromatic rings. The monoisotopic (exact) mass is 617 g/mol. The average molecular weight is 617 g/mol. The lowest BCUT2D eigenvalue weighted by Crippen LogP contribution is -2.19. The van der Waals surface area contributed by atoms with Crippen molar-refractivity contribution < 1.29 is 0 Å². The van der Waals surface area contributed by atoms with Crippen LogP contribution in [0.3, 0.4) is 0 Å². The maximum Gasteiger partial charge on any atom is -0.0383 e. The molecular formula is C44H88. The first-order valence-electron chi connectivity index (χ1n) is 21.5. The van der Waals surface area contributed by atoms with E-state index in [2.05, 4.69) is 27.7 Å². The predicted molar refractivity (Wildman–Crippen MR) is 203 cm³/mol. The fourth-order valence-corrected chi connectivity index (χ4v) is 9.06. The summed E-state index contributed by atoms with van der Waals surface area (Å²) in [5.74, 6) is 8.45. The van der Waals surface area contributed by atoms with E-state index in [0.29, 0.717) is 0 Å². The van der Waals surface area contributed by atoms with Crippen molar-refractivity contribution >= 4 is 0 Å². The van der Waals surface area contributed by atoms with Crippen LogP contribution in [-0.2, 0) is 0 Å². The first kappa shape index (κ1) is 42.0. The highest BCUT2D eigenvalue weighted by Gasteiger charge is 2.34. The SMILES string of the molecule is CC.CC.CC1CCCC(C2CCCC(C)CC(C3CC3)CC2)CCC1.CC1CCCCCCC1.CC1CCCCCCC1. The highest BCUT2D eigenvalue weighted by atomic mass is 14.4. The van der Waals surface area contributed by atoms with Crippen molar-refractivity contribution in [2.24, 2.45) is 47.3 Å². The maximum absolute atomic E-state index is 2.53. The van der Waals surface area contributed by atoms with Gasteiger partial charge in [-0.3, -0.25) is 0 Å². The number of hydrogen-bond donors (Lipinski definition) is 0. The fourth-order valence-electron chi connectivity index (χ4n) is 9.06. The summed E-state index contributed by atoms with van der Waals surface area (Å²) in [6, 6.07) is 0. The molecule has 0 radical (unpaired) electrons. The Morgan fingerprint density at radius 2 is 0.477 bits per heavy atom. The van der Waals surface area contributed by atoms with Crippen LogP contribution < -0.4 is 0 Å². The van der Waals surface area contributed by atoms with Gasteiger partial charge in [0.05, 0.1) is 0 Å². The molecule has 0 aromatic heterocycles. The quantitative estimate of drug-likeness (QED) is 0.289. The molecule has 0 heterocycles. The van der Waals surface area contributed by atoms with E-state index >= 15 is 0 Å². The van der Waals surface area contributed by atoms with Crippen molar-refractivity contribution in [2.45, 2.75) is 235 Å². The van der Waals surface area contributed by atoms with Gasteiger partial charge < -0.3 is 0 Å². The molecule has 0 bridgehead atoms. The molecule has 44 heavy (non-hydrogen) atoms. The van der Waals surface area contributed by atoms with E-state index in [9.17, 15) is 0 Å². The molecular weight excluding hydrogens is 528 g/mol. The van der Waals surface area contributed by atoms with E-state index in [4.69, 9.17) is 0 Å². The highest BCUT2D eigenvalue weighted by Crippen LogP contribution is 2.46. The number of rotatable bonds is 2. The molecule has 3 atom stereocenters. The lowest BCUT2D eigenvalue weighted by molar-refractivity contribution is 0.211. The van der Waals surface area contributed by atoms with E-state index in [1.807, 2.05) is 27.7 Å². The summed E-state index contributed by atoms with van der Waals surface area (Å²) in [5.41, 5.74) is 0. The van der Waals surface area contributed by atoms with E-state index in [-0.39, 0.29) is 0 Å². The third-order valence-corrected chi connectivity index (χ3v) is 12.2. The van der Waals surface area contributed by atoms with E-state index < -0.39 is 0 Å². The Kier molecular flexibility index (Phi) is 26.8. The van der Waals surface area contributed by atoms with E-state index in [0.717, 1.165) is 47.3 Å². The van der Waals surface area contributed by atoms with E-state index in [1.165, 1.54) is 128 Å². The molecule has 0 heteroatoms. The molecule has 264 valence electrons. The topological polar surface area (TPSA) is 0 Å². The smallest absolute Gasteiger partial charge is 0.0383 e. The van der Waals surface area contributed by atoms with Gasteiger partial charge in [-0.2, -0.15) is 0 Å². The van der Waals surface area contributed by atoms with Crippen LogP contribution in [0.25, 0.3) is 0 Å². The zero-order valence-corrected chi connectivity index (χ0v) is 32.4. The van der Waals surface area contributed by atoms with Crippen molar-refractivity contribution in [3.8, 4) is 0 Å². The summed E-state index contributed by atoms with van der Waals surface area (Å²) >= 11 is 0. The van der Waals surface area contributed by atoms with Gasteiger partial charge >= 0.3 is 0 Å². The molecule has 5 aliphatic rings. The van der Waals surface area contributed by atoms with Crippen molar-refractivity contribution in [1.29, 1.82) is 0 Å². The predicted octanol–water partition coefficient (Wildman–Crippen LogP) is 16.0. The van der Waals surface area contributed by atoms with Gasteiger partial charge in [0, 0.05) is 0 Å². The van der Waals surface area contributed by atoms with Crippen LogP contribution in [0.4, 0.5) is 0 Å². The van der Waals surface area contributed by atoms with Gasteiger partial charge in [0.15, 0.2) is 0 Å². The lowest BCUT2D eigenvalue weighted by Gasteiger charge is -2.30. The number of hydrogen-bond acceptors (Lipinski definition) is 0. The standard InChI is InChI=1S/C22H40.2C9H18.2C2H6/c1-17-6-3-9-19(10-4-7-17)20-11-5-8-18(2)16-22(15-14-20)21-12-13-21;2*1-9-7-5-3-2-4-6-8-9;2*1-2/h17-22H,3-16H2,1-2H3;2*9H,2-8H2,1H3;2*1-2H3. The van der Waals surface area contributed by atoms with Crippen LogP contribution >= 0.6 is 0 Å². The van der Waals surface area contributed by atoms with Gasteiger partial charge in [-0.05, 0) is 79.4 Å². The molecule has 0 aromatic carbocycles. The van der Waals surface area contributed by atoms with Gasteiger partial charge in [-0.15, -0.1) is 0 Å². The highest BCUT2D eigenvalue weighted by molar-refractivity contribution is 4.85.